The highest BCUT2D eigenvalue weighted by molar-refractivity contribution is 6.39. The highest BCUT2D eigenvalue weighted by Gasteiger charge is 2.22. The van der Waals surface area contributed by atoms with Crippen LogP contribution in [0.2, 0.25) is 10.0 Å². The molecular formula is C37H36Cl2N8O4. The highest BCUT2D eigenvalue weighted by Crippen LogP contribution is 2.42. The van der Waals surface area contributed by atoms with Gasteiger partial charge in [-0.15, -0.1) is 0 Å². The van der Waals surface area contributed by atoms with Crippen LogP contribution in [0.25, 0.3) is 39.2 Å². The first-order chi connectivity index (χ1) is 24.8. The molecule has 0 unspecified atom stereocenters. The fraction of sp³-hybridized carbons (Fsp3) is 0.297. The number of nitrogens with zero attached hydrogens (tertiary/aromatic N) is 4. The number of hydrogen-bond acceptors (Lipinski definition) is 9. The van der Waals surface area contributed by atoms with Gasteiger partial charge in [0.25, 0.3) is 5.56 Å². The van der Waals surface area contributed by atoms with E-state index in [1.807, 2.05) is 48.5 Å². The Bertz CT molecular complexity index is 2190. The molecule has 2 fully saturated rings. The zero-order valence-corrected chi connectivity index (χ0v) is 29.4. The molecule has 5 heterocycles. The van der Waals surface area contributed by atoms with E-state index in [1.54, 1.807) is 25.7 Å². The van der Waals surface area contributed by atoms with Crippen molar-refractivity contribution in [1.82, 2.24) is 40.6 Å². The number of carbonyl (C=O) groups excluding carboxylic acids is 2. The number of benzene rings is 2. The lowest BCUT2D eigenvalue weighted by Crippen LogP contribution is -2.36. The summed E-state index contributed by atoms with van der Waals surface area (Å²) in [4.78, 5) is 50.1. The fourth-order valence-electron chi connectivity index (χ4n) is 6.52. The number of carbonyl (C=O) groups is 2. The maximum atomic E-state index is 13.3. The number of ether oxygens (including phenoxy) is 1. The number of hydrogen-bond donors (Lipinski definition) is 4. The van der Waals surface area contributed by atoms with Gasteiger partial charge in [-0.25, -0.2) is 9.97 Å². The monoisotopic (exact) mass is 726 g/mol. The third-order valence-electron chi connectivity index (χ3n) is 9.22. The lowest BCUT2D eigenvalue weighted by molar-refractivity contribution is -0.120. The Hall–Kier alpha value is -4.88. The van der Waals surface area contributed by atoms with Crippen LogP contribution in [0.3, 0.4) is 0 Å². The minimum absolute atomic E-state index is 0.0584. The second-order valence-corrected chi connectivity index (χ2v) is 13.4. The Balaban J connectivity index is 1.10. The molecule has 7 rings (SSSR count). The Kier molecular flexibility index (Phi) is 10.3. The van der Waals surface area contributed by atoms with Crippen LogP contribution in [0.15, 0.2) is 71.9 Å². The lowest BCUT2D eigenvalue weighted by atomic mass is 9.97. The van der Waals surface area contributed by atoms with Crippen LogP contribution in [0.4, 0.5) is 0 Å². The van der Waals surface area contributed by atoms with Gasteiger partial charge in [-0.1, -0.05) is 59.6 Å². The number of aromatic nitrogens is 4. The topological polar surface area (TPSA) is 152 Å². The molecule has 0 saturated carbocycles. The predicted octanol–water partition coefficient (Wildman–Crippen LogP) is 4.54. The van der Waals surface area contributed by atoms with Crippen molar-refractivity contribution < 1.29 is 14.3 Å². The number of halogens is 2. The molecule has 2 atom stereocenters. The van der Waals surface area contributed by atoms with Crippen molar-refractivity contribution in [2.24, 2.45) is 0 Å². The Morgan fingerprint density at radius 3 is 2.10 bits per heavy atom. The van der Waals surface area contributed by atoms with Crippen molar-refractivity contribution in [2.45, 2.75) is 50.9 Å². The molecule has 2 amide bonds. The second kappa shape index (κ2) is 15.2. The molecule has 2 aliphatic rings. The third-order valence-corrected chi connectivity index (χ3v) is 10.0. The first kappa shape index (κ1) is 34.6. The van der Waals surface area contributed by atoms with E-state index in [2.05, 4.69) is 31.2 Å². The summed E-state index contributed by atoms with van der Waals surface area (Å²) in [6, 6.07) is 15.2. The van der Waals surface area contributed by atoms with Gasteiger partial charge in [0.05, 0.1) is 29.0 Å². The minimum atomic E-state index is -0.166. The molecule has 0 spiro atoms. The van der Waals surface area contributed by atoms with Gasteiger partial charge in [-0.3, -0.25) is 23.8 Å². The standard InChI is InChI=1S/C37H36Cl2N8O4/c1-51-36-30(19-41-18-24-9-11-33(49)45-24)42-20-29(46-36)28-7-3-6-27(35(28)39)26-5-2-4-25(34(26)38)21-12-13-47-31(14-21)43-16-22(37(47)50)15-40-17-23-8-10-32(48)44-23/h2-7,12-14,16,20,23-24,40-41H,8-11,15,17-19H2,1H3,(H,44,48)(H,45,49)/t23-,24+/m0/s1. The SMILES string of the molecule is COc1nc(-c2cccc(-c3cccc(-c4ccn5c(=O)c(CNC[C@@H]6CCC(=O)N6)cnc5c4)c3Cl)c2Cl)cnc1CNC[C@H]1CCC(=O)N1. The first-order valence-corrected chi connectivity index (χ1v) is 17.5. The van der Waals surface area contributed by atoms with E-state index >= 15 is 0 Å². The van der Waals surface area contributed by atoms with Crippen LogP contribution in [-0.2, 0) is 22.7 Å². The molecule has 51 heavy (non-hydrogen) atoms. The van der Waals surface area contributed by atoms with Gasteiger partial charge in [-0.05, 0) is 30.5 Å². The maximum absolute atomic E-state index is 13.3. The van der Waals surface area contributed by atoms with E-state index in [0.717, 1.165) is 35.1 Å². The van der Waals surface area contributed by atoms with Gasteiger partial charge in [0.1, 0.15) is 11.3 Å². The van der Waals surface area contributed by atoms with Crippen molar-refractivity contribution in [3.8, 4) is 39.4 Å². The summed E-state index contributed by atoms with van der Waals surface area (Å²) in [6.07, 6.45) is 7.63. The van der Waals surface area contributed by atoms with Gasteiger partial charge in [0.2, 0.25) is 17.7 Å². The average molecular weight is 728 g/mol. The molecule has 2 saturated heterocycles. The van der Waals surface area contributed by atoms with Crippen molar-refractivity contribution in [1.29, 1.82) is 0 Å². The van der Waals surface area contributed by atoms with E-state index < -0.39 is 0 Å². The van der Waals surface area contributed by atoms with Gasteiger partial charge < -0.3 is 26.0 Å². The number of pyridine rings is 1. The normalized spacial score (nSPS) is 17.2. The van der Waals surface area contributed by atoms with E-state index in [1.165, 1.54) is 4.40 Å². The summed E-state index contributed by atoms with van der Waals surface area (Å²) in [6.45, 7) is 1.99. The molecule has 0 bridgehead atoms. The van der Waals surface area contributed by atoms with Crippen LogP contribution in [-0.4, -0.2) is 63.4 Å². The molecule has 0 aliphatic carbocycles. The van der Waals surface area contributed by atoms with Gasteiger partial charge in [0, 0.05) is 91.3 Å². The smallest absolute Gasteiger partial charge is 0.262 e. The lowest BCUT2D eigenvalue weighted by Gasteiger charge is -2.15. The summed E-state index contributed by atoms with van der Waals surface area (Å²) in [5.41, 5.74) is 5.70. The average Bonchev–Trinajstić information content (AvgIpc) is 3.76. The van der Waals surface area contributed by atoms with Crippen LogP contribution < -0.4 is 31.6 Å². The summed E-state index contributed by atoms with van der Waals surface area (Å²) >= 11 is 14.1. The van der Waals surface area contributed by atoms with Gasteiger partial charge >= 0.3 is 0 Å². The zero-order chi connectivity index (χ0) is 35.5. The highest BCUT2D eigenvalue weighted by atomic mass is 35.5. The molecular weight excluding hydrogens is 691 g/mol. The van der Waals surface area contributed by atoms with E-state index in [4.69, 9.17) is 32.9 Å². The number of nitrogens with one attached hydrogen (secondary N) is 4. The summed E-state index contributed by atoms with van der Waals surface area (Å²) in [7, 11) is 1.55. The molecule has 0 radical (unpaired) electrons. The number of rotatable bonds is 12. The predicted molar refractivity (Wildman–Crippen MR) is 196 cm³/mol. The summed E-state index contributed by atoms with van der Waals surface area (Å²) in [5.74, 6) is 0.513. The van der Waals surface area contributed by atoms with Crippen molar-refractivity contribution in [3.05, 3.63) is 98.8 Å². The van der Waals surface area contributed by atoms with Crippen LogP contribution in [0, 0.1) is 0 Å². The van der Waals surface area contributed by atoms with Crippen molar-refractivity contribution in [2.75, 3.05) is 20.2 Å². The Morgan fingerprint density at radius 1 is 0.824 bits per heavy atom. The number of fused-ring (bicyclic) bond motifs is 1. The zero-order valence-electron chi connectivity index (χ0n) is 27.8. The quantitative estimate of drug-likeness (QED) is 0.145. The Morgan fingerprint density at radius 2 is 1.45 bits per heavy atom. The third kappa shape index (κ3) is 7.45. The molecule has 2 aromatic carbocycles. The van der Waals surface area contributed by atoms with E-state index in [-0.39, 0.29) is 29.5 Å². The van der Waals surface area contributed by atoms with E-state index in [9.17, 15) is 14.4 Å². The Labute approximate surface area is 304 Å². The molecule has 14 heteroatoms. The maximum Gasteiger partial charge on any atom is 0.262 e. The van der Waals surface area contributed by atoms with Crippen LogP contribution >= 0.6 is 23.2 Å². The molecule has 4 N–H and O–H groups in total. The van der Waals surface area contributed by atoms with Crippen molar-refractivity contribution >= 4 is 40.7 Å². The fourth-order valence-corrected chi connectivity index (χ4v) is 7.18. The summed E-state index contributed by atoms with van der Waals surface area (Å²) < 4.78 is 7.10. The van der Waals surface area contributed by atoms with Crippen LogP contribution in [0.5, 0.6) is 5.88 Å². The van der Waals surface area contributed by atoms with Crippen molar-refractivity contribution in [3.63, 3.8) is 0 Å². The number of methoxy groups -OCH3 is 1. The molecule has 262 valence electrons. The number of amides is 2. The van der Waals surface area contributed by atoms with Crippen LogP contribution in [0.1, 0.15) is 36.9 Å². The van der Waals surface area contributed by atoms with Gasteiger partial charge in [-0.2, -0.15) is 0 Å². The van der Waals surface area contributed by atoms with Gasteiger partial charge in [0.15, 0.2) is 0 Å². The summed E-state index contributed by atoms with van der Waals surface area (Å²) in [5, 5.41) is 13.4. The molecule has 12 nitrogen and oxygen atoms in total. The van der Waals surface area contributed by atoms with E-state index in [0.29, 0.717) is 83.1 Å². The first-order valence-electron chi connectivity index (χ1n) is 16.8. The second-order valence-electron chi connectivity index (χ2n) is 12.6. The molecule has 3 aromatic heterocycles. The minimum Gasteiger partial charge on any atom is -0.480 e. The molecule has 5 aromatic rings. The largest absolute Gasteiger partial charge is 0.480 e. The molecule has 2 aliphatic heterocycles.